The highest BCUT2D eigenvalue weighted by Crippen LogP contribution is 2.32. The lowest BCUT2D eigenvalue weighted by molar-refractivity contribution is -0.174. The van der Waals surface area contributed by atoms with Gasteiger partial charge in [-0.05, 0) is 46.5 Å². The van der Waals surface area contributed by atoms with Crippen molar-refractivity contribution >= 4 is 23.8 Å². The minimum Gasteiger partial charge on any atom is -0.467 e. The van der Waals surface area contributed by atoms with Crippen LogP contribution in [0.15, 0.2) is 0 Å². The van der Waals surface area contributed by atoms with Crippen molar-refractivity contribution in [2.24, 2.45) is 11.7 Å². The molecule has 35 heavy (non-hydrogen) atoms. The first-order valence-electron chi connectivity index (χ1n) is 13.1. The van der Waals surface area contributed by atoms with Gasteiger partial charge in [-0.3, -0.25) is 9.59 Å². The number of hydrogen-bond acceptors (Lipinski definition) is 7. The van der Waals surface area contributed by atoms with Crippen molar-refractivity contribution in [2.45, 2.75) is 122 Å². The molecule has 1 fully saturated rings. The van der Waals surface area contributed by atoms with Gasteiger partial charge in [0.05, 0.1) is 13.7 Å². The second-order valence-corrected chi connectivity index (χ2v) is 10.7. The number of methoxy groups -OCH3 is 1. The minimum atomic E-state index is -2.03. The van der Waals surface area contributed by atoms with E-state index in [-0.39, 0.29) is 37.1 Å². The van der Waals surface area contributed by atoms with Gasteiger partial charge in [0.15, 0.2) is 11.1 Å². The van der Waals surface area contributed by atoms with Gasteiger partial charge < -0.3 is 25.8 Å². The van der Waals surface area contributed by atoms with E-state index in [0.717, 1.165) is 32.1 Å². The predicted molar refractivity (Wildman–Crippen MR) is 134 cm³/mol. The molecule has 2 amide bonds. The van der Waals surface area contributed by atoms with Crippen molar-refractivity contribution < 1.29 is 28.7 Å². The van der Waals surface area contributed by atoms with Gasteiger partial charge in [0, 0.05) is 12.3 Å². The number of carbonyl (C=O) groups excluding carboxylic acids is 4. The van der Waals surface area contributed by atoms with Gasteiger partial charge in [0.25, 0.3) is 0 Å². The van der Waals surface area contributed by atoms with E-state index in [2.05, 4.69) is 10.6 Å². The van der Waals surface area contributed by atoms with Crippen molar-refractivity contribution in [3.05, 3.63) is 0 Å². The summed E-state index contributed by atoms with van der Waals surface area (Å²) in [5.41, 5.74) is 1.88. The summed E-state index contributed by atoms with van der Waals surface area (Å²) in [6.45, 7) is 8.59. The SMILES string of the molecule is CCCCCC(=O)NCC(NC(=O)C1CCCCC1)(C(=O)OC)C(N)(CCC)C(=O)OC(C)(C)C. The molecule has 1 aliphatic carbocycles. The second kappa shape index (κ2) is 13.8. The Morgan fingerprint density at radius 1 is 0.943 bits per heavy atom. The summed E-state index contributed by atoms with van der Waals surface area (Å²) in [6, 6.07) is 0. The average Bonchev–Trinajstić information content (AvgIpc) is 2.80. The third-order valence-corrected chi connectivity index (χ3v) is 6.57. The van der Waals surface area contributed by atoms with Crippen LogP contribution in [-0.2, 0) is 28.7 Å². The molecular weight excluding hydrogens is 450 g/mol. The number of amides is 2. The Balaban J connectivity index is 3.49. The molecule has 0 heterocycles. The van der Waals surface area contributed by atoms with Crippen LogP contribution in [0.4, 0.5) is 0 Å². The smallest absolute Gasteiger partial charge is 0.336 e. The monoisotopic (exact) mass is 497 g/mol. The molecule has 0 spiro atoms. The van der Waals surface area contributed by atoms with Crippen LogP contribution in [0.5, 0.6) is 0 Å². The Morgan fingerprint density at radius 3 is 2.09 bits per heavy atom. The summed E-state index contributed by atoms with van der Waals surface area (Å²) < 4.78 is 10.7. The number of hydrogen-bond donors (Lipinski definition) is 3. The number of nitrogens with two attached hydrogens (primary N) is 1. The first-order valence-corrected chi connectivity index (χ1v) is 13.1. The molecule has 0 aromatic rings. The summed E-state index contributed by atoms with van der Waals surface area (Å²) in [4.78, 5) is 53.0. The molecular formula is C26H47N3O6. The zero-order valence-corrected chi connectivity index (χ0v) is 22.6. The van der Waals surface area contributed by atoms with Crippen LogP contribution in [0.25, 0.3) is 0 Å². The number of esters is 2. The standard InChI is InChI=1S/C26H47N3O6/c1-7-9-11-16-20(30)28-18-26(23(33)34-6,29-21(31)19-14-12-10-13-15-19)25(27,17-8-2)22(32)35-24(3,4)5/h19H,7-18,27H2,1-6H3,(H,28,30)(H,29,31). The van der Waals surface area contributed by atoms with Crippen molar-refractivity contribution in [1.82, 2.24) is 10.6 Å². The molecule has 0 radical (unpaired) electrons. The van der Waals surface area contributed by atoms with E-state index in [1.807, 2.05) is 13.8 Å². The summed E-state index contributed by atoms with van der Waals surface area (Å²) in [5.74, 6) is -2.69. The van der Waals surface area contributed by atoms with E-state index >= 15 is 0 Å². The molecule has 1 rings (SSSR count). The average molecular weight is 498 g/mol. The van der Waals surface area contributed by atoms with Crippen LogP contribution in [0.3, 0.4) is 0 Å². The molecule has 202 valence electrons. The number of carbonyl (C=O) groups is 4. The van der Waals surface area contributed by atoms with E-state index < -0.39 is 28.6 Å². The van der Waals surface area contributed by atoms with Gasteiger partial charge in [0.2, 0.25) is 11.8 Å². The quantitative estimate of drug-likeness (QED) is 0.263. The Labute approximate surface area is 210 Å². The maximum Gasteiger partial charge on any atom is 0.336 e. The molecule has 2 atom stereocenters. The van der Waals surface area contributed by atoms with Crippen molar-refractivity contribution in [3.63, 3.8) is 0 Å². The van der Waals surface area contributed by atoms with Gasteiger partial charge in [-0.1, -0.05) is 52.4 Å². The topological polar surface area (TPSA) is 137 Å². The van der Waals surface area contributed by atoms with Gasteiger partial charge in [0.1, 0.15) is 5.60 Å². The molecule has 0 bridgehead atoms. The van der Waals surface area contributed by atoms with Crippen LogP contribution in [0.2, 0.25) is 0 Å². The molecule has 1 aliphatic rings. The van der Waals surface area contributed by atoms with Crippen LogP contribution in [0, 0.1) is 5.92 Å². The zero-order valence-electron chi connectivity index (χ0n) is 22.6. The highest BCUT2D eigenvalue weighted by molar-refractivity contribution is 5.99. The lowest BCUT2D eigenvalue weighted by atomic mass is 9.72. The van der Waals surface area contributed by atoms with Crippen LogP contribution in [-0.4, -0.2) is 54.1 Å². The number of rotatable bonds is 13. The Morgan fingerprint density at radius 2 is 1.57 bits per heavy atom. The molecule has 0 aliphatic heterocycles. The highest BCUT2D eigenvalue weighted by Gasteiger charge is 2.62. The third kappa shape index (κ3) is 8.47. The van der Waals surface area contributed by atoms with Crippen LogP contribution >= 0.6 is 0 Å². The molecule has 0 aromatic carbocycles. The maximum atomic E-state index is 13.5. The van der Waals surface area contributed by atoms with Crippen molar-refractivity contribution in [3.8, 4) is 0 Å². The minimum absolute atomic E-state index is 0.0354. The third-order valence-electron chi connectivity index (χ3n) is 6.57. The fourth-order valence-corrected chi connectivity index (χ4v) is 4.58. The van der Waals surface area contributed by atoms with Gasteiger partial charge in [-0.15, -0.1) is 0 Å². The largest absolute Gasteiger partial charge is 0.467 e. The number of nitrogens with one attached hydrogen (secondary N) is 2. The van der Waals surface area contributed by atoms with Crippen molar-refractivity contribution in [2.75, 3.05) is 13.7 Å². The van der Waals surface area contributed by atoms with Gasteiger partial charge >= 0.3 is 11.9 Å². The number of unbranched alkanes of at least 4 members (excludes halogenated alkanes) is 2. The van der Waals surface area contributed by atoms with E-state index in [9.17, 15) is 19.2 Å². The van der Waals surface area contributed by atoms with E-state index in [1.54, 1.807) is 20.8 Å². The summed E-state index contributed by atoms with van der Waals surface area (Å²) in [5, 5.41) is 5.56. The van der Waals surface area contributed by atoms with E-state index in [4.69, 9.17) is 15.2 Å². The highest BCUT2D eigenvalue weighted by atomic mass is 16.6. The zero-order chi connectivity index (χ0) is 26.7. The Hall–Kier alpha value is -2.16. The number of ether oxygens (including phenoxy) is 2. The molecule has 1 saturated carbocycles. The fourth-order valence-electron chi connectivity index (χ4n) is 4.58. The first kappa shape index (κ1) is 30.9. The van der Waals surface area contributed by atoms with Gasteiger partial charge in [-0.25, -0.2) is 9.59 Å². The molecule has 9 nitrogen and oxygen atoms in total. The molecule has 4 N–H and O–H groups in total. The summed E-state index contributed by atoms with van der Waals surface area (Å²) >= 11 is 0. The molecule has 9 heteroatoms. The molecule has 2 unspecified atom stereocenters. The molecule has 0 saturated heterocycles. The lowest BCUT2D eigenvalue weighted by Gasteiger charge is -2.46. The fraction of sp³-hybridized carbons (Fsp3) is 0.846. The van der Waals surface area contributed by atoms with E-state index in [1.165, 1.54) is 7.11 Å². The summed E-state index contributed by atoms with van der Waals surface area (Å²) in [6.07, 6.45) is 7.50. The van der Waals surface area contributed by atoms with Gasteiger partial charge in [-0.2, -0.15) is 0 Å². The predicted octanol–water partition coefficient (Wildman–Crippen LogP) is 3.13. The lowest BCUT2D eigenvalue weighted by Crippen LogP contribution is -2.80. The van der Waals surface area contributed by atoms with Crippen LogP contribution < -0.4 is 16.4 Å². The second-order valence-electron chi connectivity index (χ2n) is 10.7. The summed E-state index contributed by atoms with van der Waals surface area (Å²) in [7, 11) is 1.17. The Bertz CT molecular complexity index is 729. The first-order chi connectivity index (χ1) is 16.4. The maximum absolute atomic E-state index is 13.5. The normalized spacial score (nSPS) is 18.0. The van der Waals surface area contributed by atoms with E-state index in [0.29, 0.717) is 25.7 Å². The van der Waals surface area contributed by atoms with Crippen LogP contribution in [0.1, 0.15) is 105 Å². The molecule has 0 aromatic heterocycles. The van der Waals surface area contributed by atoms with Crippen molar-refractivity contribution in [1.29, 1.82) is 0 Å². The Kier molecular flexibility index (Phi) is 12.2.